The number of anilines is 2. The molecular weight excluding hydrogens is 386 g/mol. The maximum absolute atomic E-state index is 13.5. The largest absolute Gasteiger partial charge is 0.449 e. The molecule has 0 heterocycles. The normalized spacial score (nSPS) is 11.7. The van der Waals surface area contributed by atoms with Gasteiger partial charge in [-0.2, -0.15) is 0 Å². The van der Waals surface area contributed by atoms with Crippen LogP contribution in [0.3, 0.4) is 0 Å². The fraction of sp³-hybridized carbons (Fsp3) is 0.125. The molecule has 0 aliphatic heterocycles. The fourth-order valence-corrected chi connectivity index (χ4v) is 2.17. The van der Waals surface area contributed by atoms with Crippen LogP contribution in [0.4, 0.5) is 20.2 Å². The number of carbonyl (C=O) groups is 2. The van der Waals surface area contributed by atoms with Gasteiger partial charge in [0.2, 0.25) is 0 Å². The molecule has 1 atom stereocenters. The molecule has 0 aromatic heterocycles. The minimum absolute atomic E-state index is 0.0842. The molecule has 2 aromatic carbocycles. The summed E-state index contributed by atoms with van der Waals surface area (Å²) in [5.74, 6) is -3.13. The topological polar surface area (TPSA) is 81.4 Å². The van der Waals surface area contributed by atoms with Crippen LogP contribution in [0.5, 0.6) is 0 Å². The number of hydrogen-bond acceptors (Lipinski definition) is 4. The quantitative estimate of drug-likeness (QED) is 0.609. The van der Waals surface area contributed by atoms with E-state index >= 15 is 0 Å². The Bertz CT molecular complexity index is 799. The molecule has 0 saturated carbocycles. The lowest BCUT2D eigenvalue weighted by molar-refractivity contribution is -0.123. The number of halogens is 3. The summed E-state index contributed by atoms with van der Waals surface area (Å²) < 4.78 is 32.2. The van der Waals surface area contributed by atoms with Crippen LogP contribution in [0.25, 0.3) is 0 Å². The third kappa shape index (κ3) is 4.29. The van der Waals surface area contributed by atoms with Crippen molar-refractivity contribution >= 4 is 39.2 Å². The van der Waals surface area contributed by atoms with Gasteiger partial charge in [0, 0.05) is 16.2 Å². The van der Waals surface area contributed by atoms with Crippen LogP contribution in [0.1, 0.15) is 17.3 Å². The summed E-state index contributed by atoms with van der Waals surface area (Å²) in [6.45, 7) is 1.30. The van der Waals surface area contributed by atoms with E-state index in [1.54, 1.807) is 6.07 Å². The van der Waals surface area contributed by atoms with E-state index in [-0.39, 0.29) is 16.9 Å². The predicted molar refractivity (Wildman–Crippen MR) is 88.4 cm³/mol. The Kier molecular flexibility index (Phi) is 5.50. The maximum atomic E-state index is 13.5. The van der Waals surface area contributed by atoms with Gasteiger partial charge < -0.3 is 15.8 Å². The van der Waals surface area contributed by atoms with Gasteiger partial charge in [0.1, 0.15) is 11.6 Å². The first-order valence-corrected chi connectivity index (χ1v) is 7.59. The van der Waals surface area contributed by atoms with E-state index in [4.69, 9.17) is 10.5 Å². The molecular formula is C16H13BrF2N2O3. The van der Waals surface area contributed by atoms with Crippen molar-refractivity contribution in [1.82, 2.24) is 0 Å². The second-order valence-corrected chi connectivity index (χ2v) is 5.81. The number of nitrogens with two attached hydrogens (primary N) is 1. The number of rotatable bonds is 4. The van der Waals surface area contributed by atoms with Crippen LogP contribution >= 0.6 is 15.9 Å². The summed E-state index contributed by atoms with van der Waals surface area (Å²) in [6.07, 6.45) is -1.24. The summed E-state index contributed by atoms with van der Waals surface area (Å²) in [4.78, 5) is 24.0. The highest BCUT2D eigenvalue weighted by Crippen LogP contribution is 2.20. The summed E-state index contributed by atoms with van der Waals surface area (Å²) in [6, 6.07) is 7.24. The molecule has 0 fully saturated rings. The average molecular weight is 399 g/mol. The first-order chi connectivity index (χ1) is 11.3. The molecule has 5 nitrogen and oxygen atoms in total. The molecule has 3 N–H and O–H groups in total. The second-order valence-electron chi connectivity index (χ2n) is 4.89. The van der Waals surface area contributed by atoms with Crippen LogP contribution in [-0.2, 0) is 9.53 Å². The Hall–Kier alpha value is -2.48. The summed E-state index contributed by atoms with van der Waals surface area (Å²) in [5.41, 5.74) is 5.62. The van der Waals surface area contributed by atoms with Crippen molar-refractivity contribution in [2.24, 2.45) is 0 Å². The first-order valence-electron chi connectivity index (χ1n) is 6.80. The lowest BCUT2D eigenvalue weighted by Gasteiger charge is -2.15. The third-order valence-corrected chi connectivity index (χ3v) is 3.57. The zero-order valence-electron chi connectivity index (χ0n) is 12.5. The van der Waals surface area contributed by atoms with Crippen LogP contribution in [-0.4, -0.2) is 18.0 Å². The van der Waals surface area contributed by atoms with Gasteiger partial charge in [-0.3, -0.25) is 4.79 Å². The van der Waals surface area contributed by atoms with Gasteiger partial charge in [0.05, 0.1) is 11.3 Å². The molecule has 2 rings (SSSR count). The van der Waals surface area contributed by atoms with Gasteiger partial charge in [-0.15, -0.1) is 0 Å². The van der Waals surface area contributed by atoms with Crippen molar-refractivity contribution in [3.63, 3.8) is 0 Å². The predicted octanol–water partition coefficient (Wildman–Crippen LogP) is 3.49. The number of carbonyl (C=O) groups excluding carboxylic acids is 2. The van der Waals surface area contributed by atoms with Crippen molar-refractivity contribution in [3.8, 4) is 0 Å². The van der Waals surface area contributed by atoms with Gasteiger partial charge in [0.25, 0.3) is 5.91 Å². The minimum atomic E-state index is -1.24. The molecule has 0 radical (unpaired) electrons. The summed E-state index contributed by atoms with van der Waals surface area (Å²) in [5, 5.41) is 2.16. The highest BCUT2D eigenvalue weighted by Gasteiger charge is 2.21. The zero-order chi connectivity index (χ0) is 17.9. The van der Waals surface area contributed by atoms with Gasteiger partial charge in [-0.05, 0) is 37.3 Å². The standard InChI is InChI=1S/C16H13BrF2N2O3/c1-8(15(22)21-14-7-10(18)3-4-12(14)19)24-16(23)11-6-9(17)2-5-13(11)20/h2-8H,20H2,1H3,(H,21,22)/t8-/m0/s1. The Morgan fingerprint density at radius 3 is 2.62 bits per heavy atom. The van der Waals surface area contributed by atoms with Crippen LogP contribution in [0.15, 0.2) is 40.9 Å². The van der Waals surface area contributed by atoms with E-state index in [9.17, 15) is 18.4 Å². The Labute approximate surface area is 144 Å². The maximum Gasteiger partial charge on any atom is 0.341 e. The van der Waals surface area contributed by atoms with Gasteiger partial charge in [0.15, 0.2) is 6.10 Å². The monoisotopic (exact) mass is 398 g/mol. The van der Waals surface area contributed by atoms with Crippen molar-refractivity contribution in [2.45, 2.75) is 13.0 Å². The van der Waals surface area contributed by atoms with Crippen LogP contribution in [0.2, 0.25) is 0 Å². The zero-order valence-corrected chi connectivity index (χ0v) is 14.1. The molecule has 1 amide bonds. The van der Waals surface area contributed by atoms with Crippen LogP contribution in [0, 0.1) is 11.6 Å². The van der Waals surface area contributed by atoms with Crippen molar-refractivity contribution in [3.05, 3.63) is 58.1 Å². The van der Waals surface area contributed by atoms with Crippen molar-refractivity contribution in [2.75, 3.05) is 11.1 Å². The number of esters is 1. The summed E-state index contributed by atoms with van der Waals surface area (Å²) in [7, 11) is 0. The SMILES string of the molecule is C[C@H](OC(=O)c1cc(Br)ccc1N)C(=O)Nc1cc(F)ccc1F. The van der Waals surface area contributed by atoms with Gasteiger partial charge in [-0.25, -0.2) is 13.6 Å². The molecule has 24 heavy (non-hydrogen) atoms. The lowest BCUT2D eigenvalue weighted by atomic mass is 10.2. The molecule has 0 bridgehead atoms. The molecule has 0 aliphatic carbocycles. The first kappa shape index (κ1) is 17.9. The highest BCUT2D eigenvalue weighted by atomic mass is 79.9. The molecule has 0 unspecified atom stereocenters. The van der Waals surface area contributed by atoms with Gasteiger partial charge in [-0.1, -0.05) is 15.9 Å². The second kappa shape index (κ2) is 7.39. The molecule has 2 aromatic rings. The van der Waals surface area contributed by atoms with Crippen LogP contribution < -0.4 is 11.1 Å². The van der Waals surface area contributed by atoms with E-state index in [1.807, 2.05) is 0 Å². The highest BCUT2D eigenvalue weighted by molar-refractivity contribution is 9.10. The number of nitrogens with one attached hydrogen (secondary N) is 1. The van der Waals surface area contributed by atoms with E-state index in [0.717, 1.165) is 18.2 Å². The molecule has 0 aliphatic rings. The Morgan fingerprint density at radius 1 is 1.21 bits per heavy atom. The molecule has 8 heteroatoms. The smallest absolute Gasteiger partial charge is 0.341 e. The van der Waals surface area contributed by atoms with Crippen molar-refractivity contribution < 1.29 is 23.1 Å². The number of hydrogen-bond donors (Lipinski definition) is 2. The molecule has 0 saturated heterocycles. The Balaban J connectivity index is 2.07. The number of amides is 1. The minimum Gasteiger partial charge on any atom is -0.449 e. The van der Waals surface area contributed by atoms with Gasteiger partial charge >= 0.3 is 5.97 Å². The lowest BCUT2D eigenvalue weighted by Crippen LogP contribution is -2.30. The average Bonchev–Trinajstić information content (AvgIpc) is 2.53. The van der Waals surface area contributed by atoms with E-state index in [2.05, 4.69) is 21.2 Å². The summed E-state index contributed by atoms with van der Waals surface area (Å²) >= 11 is 3.20. The number of benzene rings is 2. The third-order valence-electron chi connectivity index (χ3n) is 3.07. The van der Waals surface area contributed by atoms with Crippen molar-refractivity contribution in [1.29, 1.82) is 0 Å². The molecule has 126 valence electrons. The number of ether oxygens (including phenoxy) is 1. The molecule has 0 spiro atoms. The van der Waals surface area contributed by atoms with E-state index < -0.39 is 29.6 Å². The Morgan fingerprint density at radius 2 is 1.92 bits per heavy atom. The van der Waals surface area contributed by atoms with E-state index in [0.29, 0.717) is 4.47 Å². The van der Waals surface area contributed by atoms with E-state index in [1.165, 1.54) is 19.1 Å². The number of nitrogen functional groups attached to an aromatic ring is 1. The fourth-order valence-electron chi connectivity index (χ4n) is 1.81.